The largest absolute Gasteiger partial charge is 0.299 e. The Bertz CT molecular complexity index is 698. The molecule has 1 aliphatic heterocycles. The number of unbranched alkanes of at least 4 members (excludes halogenated alkanes) is 1. The number of rotatable bonds is 4. The highest BCUT2D eigenvalue weighted by atomic mass is 16.5. The molecule has 2 unspecified atom stereocenters. The summed E-state index contributed by atoms with van der Waals surface area (Å²) in [5, 5.41) is 10.7. The number of nitrogens with zero attached hydrogens (tertiary/aromatic N) is 1. The molecule has 1 fully saturated rings. The minimum Gasteiger partial charge on any atom is -0.299 e. The molecule has 1 heterocycles. The van der Waals surface area contributed by atoms with Crippen LogP contribution in [-0.4, -0.2) is 28.1 Å². The molecule has 5 heteroatoms. The van der Waals surface area contributed by atoms with Crippen molar-refractivity contribution in [1.82, 2.24) is 5.06 Å². The minimum absolute atomic E-state index is 0.00987. The first-order valence-corrected chi connectivity index (χ1v) is 7.88. The van der Waals surface area contributed by atoms with Gasteiger partial charge in [-0.2, -0.15) is 0 Å². The number of hydrogen-bond acceptors (Lipinski definition) is 5. The van der Waals surface area contributed by atoms with Crippen LogP contribution in [0.25, 0.3) is 0 Å². The molecule has 23 heavy (non-hydrogen) atoms. The maximum atomic E-state index is 13.2. The molecule has 0 aromatic carbocycles. The topological polar surface area (TPSA) is 74.7 Å². The molecule has 3 rings (SSSR count). The summed E-state index contributed by atoms with van der Waals surface area (Å²) in [6, 6.07) is 0. The molecular formula is C18H19NO4. The lowest BCUT2D eigenvalue weighted by Crippen LogP contribution is -2.49. The van der Waals surface area contributed by atoms with Gasteiger partial charge in [0.05, 0.1) is 11.3 Å². The Balaban J connectivity index is 2.16. The first kappa shape index (κ1) is 15.6. The van der Waals surface area contributed by atoms with Crippen molar-refractivity contribution < 1.29 is 19.6 Å². The summed E-state index contributed by atoms with van der Waals surface area (Å²) in [6.45, 7) is 2.02. The molecule has 1 saturated carbocycles. The second-order valence-electron chi connectivity index (χ2n) is 6.14. The van der Waals surface area contributed by atoms with Crippen molar-refractivity contribution in [3.63, 3.8) is 0 Å². The van der Waals surface area contributed by atoms with E-state index in [0.717, 1.165) is 12.8 Å². The quantitative estimate of drug-likeness (QED) is 0.637. The smallest absolute Gasteiger partial charge is 0.168 e. The Labute approximate surface area is 134 Å². The van der Waals surface area contributed by atoms with Crippen molar-refractivity contribution in [2.75, 3.05) is 0 Å². The molecule has 2 atom stereocenters. The maximum absolute atomic E-state index is 13.2. The summed E-state index contributed by atoms with van der Waals surface area (Å²) in [4.78, 5) is 37.1. The molecule has 0 saturated heterocycles. The van der Waals surface area contributed by atoms with Gasteiger partial charge in [0.15, 0.2) is 12.1 Å². The molecule has 120 valence electrons. The summed E-state index contributed by atoms with van der Waals surface area (Å²) in [7, 11) is 0. The molecule has 0 radical (unpaired) electrons. The van der Waals surface area contributed by atoms with Gasteiger partial charge in [-0.3, -0.25) is 19.6 Å². The monoisotopic (exact) mass is 313 g/mol. The number of carbonyl (C=O) groups is 3. The van der Waals surface area contributed by atoms with Crippen molar-refractivity contribution in [2.45, 2.75) is 32.6 Å². The number of allylic oxidation sites excluding steroid dienone is 7. The molecule has 1 N–H and O–H groups in total. The van der Waals surface area contributed by atoms with Gasteiger partial charge in [-0.15, -0.1) is 0 Å². The van der Waals surface area contributed by atoms with Crippen molar-refractivity contribution in [2.24, 2.45) is 11.3 Å². The van der Waals surface area contributed by atoms with E-state index in [0.29, 0.717) is 28.9 Å². The number of aldehydes is 1. The van der Waals surface area contributed by atoms with E-state index in [1.807, 2.05) is 6.92 Å². The molecule has 0 amide bonds. The van der Waals surface area contributed by atoms with Gasteiger partial charge in [0.2, 0.25) is 0 Å². The average Bonchev–Trinajstić information content (AvgIpc) is 2.54. The lowest BCUT2D eigenvalue weighted by molar-refractivity contribution is -0.138. The van der Waals surface area contributed by atoms with E-state index < -0.39 is 11.3 Å². The van der Waals surface area contributed by atoms with E-state index in [1.54, 1.807) is 24.3 Å². The first-order chi connectivity index (χ1) is 11.1. The molecule has 0 aromatic heterocycles. The van der Waals surface area contributed by atoms with Gasteiger partial charge in [0, 0.05) is 12.6 Å². The Morgan fingerprint density at radius 1 is 1.39 bits per heavy atom. The van der Waals surface area contributed by atoms with Crippen molar-refractivity contribution >= 4 is 17.9 Å². The molecule has 0 aromatic rings. The van der Waals surface area contributed by atoms with Crippen LogP contribution in [-0.2, 0) is 14.4 Å². The highest BCUT2D eigenvalue weighted by Crippen LogP contribution is 2.52. The van der Waals surface area contributed by atoms with Crippen LogP contribution in [0.4, 0.5) is 0 Å². The van der Waals surface area contributed by atoms with Crippen LogP contribution in [0.2, 0.25) is 0 Å². The Hall–Kier alpha value is -2.27. The minimum atomic E-state index is -1.09. The fourth-order valence-electron chi connectivity index (χ4n) is 3.70. The predicted octanol–water partition coefficient (Wildman–Crippen LogP) is 2.49. The lowest BCUT2D eigenvalue weighted by atomic mass is 9.58. The van der Waals surface area contributed by atoms with Gasteiger partial charge in [-0.05, 0) is 17.6 Å². The zero-order valence-corrected chi connectivity index (χ0v) is 13.0. The third-order valence-electron chi connectivity index (χ3n) is 4.88. The first-order valence-electron chi connectivity index (χ1n) is 7.88. The summed E-state index contributed by atoms with van der Waals surface area (Å²) in [5.74, 6) is -0.992. The average molecular weight is 313 g/mol. The second kappa shape index (κ2) is 5.74. The van der Waals surface area contributed by atoms with Crippen LogP contribution in [0, 0.1) is 11.3 Å². The highest BCUT2D eigenvalue weighted by Gasteiger charge is 2.54. The van der Waals surface area contributed by atoms with E-state index in [2.05, 4.69) is 0 Å². The van der Waals surface area contributed by atoms with Crippen molar-refractivity contribution in [3.05, 3.63) is 47.3 Å². The number of ketones is 2. The number of hydroxylamine groups is 2. The molecule has 3 aliphatic rings. The van der Waals surface area contributed by atoms with Crippen LogP contribution in [0.15, 0.2) is 47.3 Å². The Morgan fingerprint density at radius 3 is 2.87 bits per heavy atom. The van der Waals surface area contributed by atoms with Crippen LogP contribution < -0.4 is 0 Å². The van der Waals surface area contributed by atoms with E-state index in [-0.39, 0.29) is 23.7 Å². The van der Waals surface area contributed by atoms with Gasteiger partial charge < -0.3 is 0 Å². The zero-order valence-electron chi connectivity index (χ0n) is 13.0. The number of hydrogen-bond donors (Lipinski definition) is 1. The Kier molecular flexibility index (Phi) is 3.90. The van der Waals surface area contributed by atoms with Crippen LogP contribution >= 0.6 is 0 Å². The SMILES string of the molecule is CCCCC1C(=O)CC2=C(C=O)N(O)C=C3C=CC=CC32C1=O. The third-order valence-corrected chi connectivity index (χ3v) is 4.88. The van der Waals surface area contributed by atoms with E-state index in [1.165, 1.54) is 6.20 Å². The van der Waals surface area contributed by atoms with Crippen molar-refractivity contribution in [3.8, 4) is 0 Å². The summed E-state index contributed by atoms with van der Waals surface area (Å²) >= 11 is 0. The summed E-state index contributed by atoms with van der Waals surface area (Å²) in [6.07, 6.45) is 11.2. The fraction of sp³-hybridized carbons (Fsp3) is 0.389. The molecule has 1 spiro atoms. The predicted molar refractivity (Wildman–Crippen MR) is 83.2 cm³/mol. The van der Waals surface area contributed by atoms with E-state index in [4.69, 9.17) is 0 Å². The van der Waals surface area contributed by atoms with Gasteiger partial charge >= 0.3 is 0 Å². The summed E-state index contributed by atoms with van der Waals surface area (Å²) < 4.78 is 0. The van der Waals surface area contributed by atoms with Crippen LogP contribution in [0.3, 0.4) is 0 Å². The van der Waals surface area contributed by atoms with E-state index >= 15 is 0 Å². The van der Waals surface area contributed by atoms with Gasteiger partial charge in [-0.25, -0.2) is 5.06 Å². The third kappa shape index (κ3) is 2.15. The van der Waals surface area contributed by atoms with Gasteiger partial charge in [0.25, 0.3) is 0 Å². The zero-order chi connectivity index (χ0) is 16.6. The van der Waals surface area contributed by atoms with Gasteiger partial charge in [-0.1, -0.05) is 44.1 Å². The maximum Gasteiger partial charge on any atom is 0.168 e. The highest BCUT2D eigenvalue weighted by molar-refractivity contribution is 6.14. The summed E-state index contributed by atoms with van der Waals surface area (Å²) in [5.41, 5.74) is -0.112. The standard InChI is InChI=1S/C18H19NO4/c1-2-3-7-13-16(21)9-14-15(11-20)19(23)10-12-6-4-5-8-18(12,14)17(13)22/h4-6,8,10-11,13,23H,2-3,7,9H2,1H3. The molecule has 0 bridgehead atoms. The second-order valence-corrected chi connectivity index (χ2v) is 6.14. The van der Waals surface area contributed by atoms with E-state index in [9.17, 15) is 19.6 Å². The lowest BCUT2D eigenvalue weighted by Gasteiger charge is -2.44. The molecular weight excluding hydrogens is 294 g/mol. The molecule has 5 nitrogen and oxygen atoms in total. The van der Waals surface area contributed by atoms with Crippen LogP contribution in [0.1, 0.15) is 32.6 Å². The number of carbonyl (C=O) groups excluding carboxylic acids is 3. The fourth-order valence-corrected chi connectivity index (χ4v) is 3.70. The normalized spacial score (nSPS) is 29.4. The van der Waals surface area contributed by atoms with Gasteiger partial charge in [0.1, 0.15) is 11.5 Å². The van der Waals surface area contributed by atoms with Crippen LogP contribution in [0.5, 0.6) is 0 Å². The number of Topliss-reactive ketones (excluding diaryl/α,β-unsaturated/α-hetero) is 2. The molecule has 2 aliphatic carbocycles. The Morgan fingerprint density at radius 2 is 2.17 bits per heavy atom. The van der Waals surface area contributed by atoms with Crippen molar-refractivity contribution in [1.29, 1.82) is 0 Å².